The van der Waals surface area contributed by atoms with Crippen molar-refractivity contribution in [3.8, 4) is 0 Å². The monoisotopic (exact) mass is 394 g/mol. The Bertz CT molecular complexity index is 736. The number of nitrogens with one attached hydrogen (secondary N) is 1. The van der Waals surface area contributed by atoms with Gasteiger partial charge in [-0.25, -0.2) is 12.7 Å². The first kappa shape index (κ1) is 21.6. The van der Waals surface area contributed by atoms with E-state index in [1.54, 1.807) is 12.1 Å². The maximum atomic E-state index is 12.2. The van der Waals surface area contributed by atoms with E-state index in [-0.39, 0.29) is 36.3 Å². The smallest absolute Gasteiger partial charge is 0.220 e. The van der Waals surface area contributed by atoms with Crippen LogP contribution in [0.4, 0.5) is 0 Å². The molecule has 0 unspecified atom stereocenters. The zero-order valence-corrected chi connectivity index (χ0v) is 17.1. The van der Waals surface area contributed by atoms with E-state index in [0.29, 0.717) is 37.9 Å². The van der Waals surface area contributed by atoms with Gasteiger partial charge in [-0.2, -0.15) is 0 Å². The first-order chi connectivity index (χ1) is 12.8. The summed E-state index contributed by atoms with van der Waals surface area (Å²) < 4.78 is 25.9. The molecular formula is C20H30N2O4S. The van der Waals surface area contributed by atoms with Crippen LogP contribution in [0.2, 0.25) is 0 Å². The van der Waals surface area contributed by atoms with Gasteiger partial charge in [-0.1, -0.05) is 43.2 Å². The Kier molecular flexibility index (Phi) is 7.98. The molecule has 0 atom stereocenters. The molecule has 1 aliphatic rings. The molecule has 0 aromatic heterocycles. The van der Waals surface area contributed by atoms with Gasteiger partial charge in [0.1, 0.15) is 0 Å². The highest BCUT2D eigenvalue weighted by molar-refractivity contribution is 7.89. The standard InChI is InChI=1S/C20H30N2O4S/c1-3-4-15-27(25,26)22-13-11-18(12-14-22)21-20(24)10-9-19(23)17-7-5-16(2)6-8-17/h5-8,18H,3-4,9-15H2,1-2H3,(H,21,24). The number of ketones is 1. The maximum Gasteiger partial charge on any atom is 0.220 e. The fourth-order valence-corrected chi connectivity index (χ4v) is 4.82. The molecule has 0 aliphatic carbocycles. The van der Waals surface area contributed by atoms with E-state index in [2.05, 4.69) is 5.32 Å². The molecule has 27 heavy (non-hydrogen) atoms. The number of amides is 1. The number of benzene rings is 1. The molecule has 1 saturated heterocycles. The van der Waals surface area contributed by atoms with Crippen molar-refractivity contribution in [2.45, 2.75) is 58.4 Å². The van der Waals surface area contributed by atoms with Crippen molar-refractivity contribution >= 4 is 21.7 Å². The number of hydrogen-bond acceptors (Lipinski definition) is 4. The predicted molar refractivity (Wildman–Crippen MR) is 106 cm³/mol. The molecule has 1 aromatic rings. The molecule has 6 nitrogen and oxygen atoms in total. The molecular weight excluding hydrogens is 364 g/mol. The van der Waals surface area contributed by atoms with Gasteiger partial charge in [0.15, 0.2) is 5.78 Å². The van der Waals surface area contributed by atoms with Crippen LogP contribution in [-0.2, 0) is 14.8 Å². The van der Waals surface area contributed by atoms with E-state index in [9.17, 15) is 18.0 Å². The minimum absolute atomic E-state index is 0.0235. The number of Topliss-reactive ketones (excluding diaryl/α,β-unsaturated/α-hetero) is 1. The summed E-state index contributed by atoms with van der Waals surface area (Å²) in [4.78, 5) is 24.3. The summed E-state index contributed by atoms with van der Waals surface area (Å²) in [5, 5.41) is 2.94. The summed E-state index contributed by atoms with van der Waals surface area (Å²) >= 11 is 0. The van der Waals surface area contributed by atoms with Crippen molar-refractivity contribution in [3.05, 3.63) is 35.4 Å². The zero-order chi connectivity index (χ0) is 19.9. The van der Waals surface area contributed by atoms with E-state index >= 15 is 0 Å². The highest BCUT2D eigenvalue weighted by atomic mass is 32.2. The number of sulfonamides is 1. The zero-order valence-electron chi connectivity index (χ0n) is 16.2. The van der Waals surface area contributed by atoms with Crippen molar-refractivity contribution in [1.82, 2.24) is 9.62 Å². The second-order valence-corrected chi connectivity index (χ2v) is 9.29. The summed E-state index contributed by atoms with van der Waals surface area (Å²) in [6, 6.07) is 7.31. The van der Waals surface area contributed by atoms with Gasteiger partial charge >= 0.3 is 0 Å². The minimum Gasteiger partial charge on any atom is -0.353 e. The summed E-state index contributed by atoms with van der Waals surface area (Å²) in [7, 11) is -3.18. The van der Waals surface area contributed by atoms with Crippen LogP contribution in [0.25, 0.3) is 0 Å². The molecule has 1 aliphatic heterocycles. The molecule has 2 rings (SSSR count). The van der Waals surface area contributed by atoms with Crippen molar-refractivity contribution in [1.29, 1.82) is 0 Å². The van der Waals surface area contributed by atoms with Crippen LogP contribution in [0.15, 0.2) is 24.3 Å². The molecule has 1 fully saturated rings. The van der Waals surface area contributed by atoms with Crippen LogP contribution in [-0.4, -0.2) is 49.3 Å². The summed E-state index contributed by atoms with van der Waals surface area (Å²) in [6.45, 7) is 4.82. The van der Waals surface area contributed by atoms with Gasteiger partial charge in [0.2, 0.25) is 15.9 Å². The lowest BCUT2D eigenvalue weighted by molar-refractivity contribution is -0.122. The number of carbonyl (C=O) groups excluding carboxylic acids is 2. The van der Waals surface area contributed by atoms with Crippen LogP contribution in [0.1, 0.15) is 61.4 Å². The van der Waals surface area contributed by atoms with Gasteiger partial charge in [-0.3, -0.25) is 9.59 Å². The van der Waals surface area contributed by atoms with Crippen LogP contribution in [0.3, 0.4) is 0 Å². The molecule has 7 heteroatoms. The third kappa shape index (κ3) is 6.74. The second kappa shape index (κ2) is 9.99. The van der Waals surface area contributed by atoms with Crippen molar-refractivity contribution < 1.29 is 18.0 Å². The molecule has 1 N–H and O–H groups in total. The number of rotatable bonds is 9. The van der Waals surface area contributed by atoms with E-state index in [1.165, 1.54) is 4.31 Å². The lowest BCUT2D eigenvalue weighted by atomic mass is 10.0. The van der Waals surface area contributed by atoms with Gasteiger partial charge in [-0.05, 0) is 26.2 Å². The molecule has 1 aromatic carbocycles. The first-order valence-corrected chi connectivity index (χ1v) is 11.3. The van der Waals surface area contributed by atoms with Crippen LogP contribution in [0, 0.1) is 6.92 Å². The predicted octanol–water partition coefficient (Wildman–Crippen LogP) is 2.67. The van der Waals surface area contributed by atoms with E-state index in [0.717, 1.165) is 12.0 Å². The lowest BCUT2D eigenvalue weighted by Gasteiger charge is -2.31. The third-order valence-electron chi connectivity index (χ3n) is 4.92. The van der Waals surface area contributed by atoms with Crippen LogP contribution < -0.4 is 5.32 Å². The Morgan fingerprint density at radius 1 is 1.11 bits per heavy atom. The molecule has 1 amide bonds. The molecule has 0 saturated carbocycles. The minimum atomic E-state index is -3.18. The maximum absolute atomic E-state index is 12.2. The molecule has 0 radical (unpaired) electrons. The highest BCUT2D eigenvalue weighted by Crippen LogP contribution is 2.16. The highest BCUT2D eigenvalue weighted by Gasteiger charge is 2.28. The van der Waals surface area contributed by atoms with Gasteiger partial charge in [0.25, 0.3) is 0 Å². The topological polar surface area (TPSA) is 83.6 Å². The number of nitrogens with zero attached hydrogens (tertiary/aromatic N) is 1. The number of unbranched alkanes of at least 4 members (excludes halogenated alkanes) is 1. The quantitative estimate of drug-likeness (QED) is 0.653. The Labute approximate surface area is 162 Å². The Hall–Kier alpha value is -1.73. The fraction of sp³-hybridized carbons (Fsp3) is 0.600. The Balaban J connectivity index is 1.73. The first-order valence-electron chi connectivity index (χ1n) is 9.69. The third-order valence-corrected chi connectivity index (χ3v) is 6.88. The van der Waals surface area contributed by atoms with E-state index in [4.69, 9.17) is 0 Å². The van der Waals surface area contributed by atoms with Gasteiger partial charge in [0, 0.05) is 37.5 Å². The number of piperidine rings is 1. The van der Waals surface area contributed by atoms with Crippen molar-refractivity contribution in [2.24, 2.45) is 0 Å². The van der Waals surface area contributed by atoms with Gasteiger partial charge in [-0.15, -0.1) is 0 Å². The Morgan fingerprint density at radius 3 is 2.33 bits per heavy atom. The van der Waals surface area contributed by atoms with Crippen molar-refractivity contribution in [3.63, 3.8) is 0 Å². The number of hydrogen-bond donors (Lipinski definition) is 1. The molecule has 0 bridgehead atoms. The van der Waals surface area contributed by atoms with Gasteiger partial charge in [0.05, 0.1) is 5.75 Å². The average molecular weight is 395 g/mol. The number of carbonyl (C=O) groups is 2. The summed E-state index contributed by atoms with van der Waals surface area (Å²) in [6.07, 6.45) is 3.09. The SMILES string of the molecule is CCCCS(=O)(=O)N1CCC(NC(=O)CCC(=O)c2ccc(C)cc2)CC1. The van der Waals surface area contributed by atoms with Crippen molar-refractivity contribution in [2.75, 3.05) is 18.8 Å². The van der Waals surface area contributed by atoms with E-state index < -0.39 is 10.0 Å². The van der Waals surface area contributed by atoms with Crippen LogP contribution >= 0.6 is 0 Å². The van der Waals surface area contributed by atoms with E-state index in [1.807, 2.05) is 26.0 Å². The molecule has 0 spiro atoms. The summed E-state index contributed by atoms with van der Waals surface area (Å²) in [5.74, 6) is 0.00602. The second-order valence-electron chi connectivity index (χ2n) is 7.20. The summed E-state index contributed by atoms with van der Waals surface area (Å²) in [5.41, 5.74) is 1.71. The molecule has 150 valence electrons. The average Bonchev–Trinajstić information content (AvgIpc) is 2.65. The Morgan fingerprint density at radius 2 is 1.74 bits per heavy atom. The largest absolute Gasteiger partial charge is 0.353 e. The molecule has 1 heterocycles. The normalized spacial score (nSPS) is 16.2. The van der Waals surface area contributed by atoms with Gasteiger partial charge < -0.3 is 5.32 Å². The number of aryl methyl sites for hydroxylation is 1. The lowest BCUT2D eigenvalue weighted by Crippen LogP contribution is -2.47. The van der Waals surface area contributed by atoms with Crippen LogP contribution in [0.5, 0.6) is 0 Å². The fourth-order valence-electron chi connectivity index (χ4n) is 3.14.